The third kappa shape index (κ3) is 2.35. The number of nitrogens with two attached hydrogens (primary N) is 1. The molecule has 1 amide bonds. The molecule has 1 saturated heterocycles. The zero-order chi connectivity index (χ0) is 13.3. The van der Waals surface area contributed by atoms with Crippen LogP contribution in [-0.4, -0.2) is 23.4 Å². The molecular weight excluding hydrogens is 271 g/mol. The first-order chi connectivity index (χ1) is 8.56. The fourth-order valence-corrected chi connectivity index (χ4v) is 2.92. The highest BCUT2D eigenvalue weighted by molar-refractivity contribution is 6.42. The molecule has 0 bridgehead atoms. The summed E-state index contributed by atoms with van der Waals surface area (Å²) in [5.41, 5.74) is 7.00. The Labute approximate surface area is 117 Å². The molecule has 98 valence electrons. The number of likely N-dealkylation sites (N-methyl/N-ethyl adjacent to an activating group) is 1. The third-order valence-corrected chi connectivity index (χ3v) is 4.23. The lowest BCUT2D eigenvalue weighted by Crippen LogP contribution is -2.48. The molecule has 1 aliphatic heterocycles. The Bertz CT molecular complexity index is 464. The second-order valence-corrected chi connectivity index (χ2v) is 5.26. The minimum Gasteiger partial charge on any atom is -0.334 e. The van der Waals surface area contributed by atoms with Crippen molar-refractivity contribution in [1.29, 1.82) is 0 Å². The predicted molar refractivity (Wildman–Crippen MR) is 73.8 cm³/mol. The van der Waals surface area contributed by atoms with Crippen LogP contribution < -0.4 is 5.73 Å². The topological polar surface area (TPSA) is 46.3 Å². The maximum Gasteiger partial charge on any atom is 0.223 e. The molecule has 1 fully saturated rings. The summed E-state index contributed by atoms with van der Waals surface area (Å²) >= 11 is 12.3. The van der Waals surface area contributed by atoms with Crippen molar-refractivity contribution in [3.63, 3.8) is 0 Å². The lowest BCUT2D eigenvalue weighted by molar-refractivity contribution is -0.137. The van der Waals surface area contributed by atoms with Crippen LogP contribution in [-0.2, 0) is 4.79 Å². The quantitative estimate of drug-likeness (QED) is 0.908. The summed E-state index contributed by atoms with van der Waals surface area (Å²) in [6.07, 6.45) is 1.19. The summed E-state index contributed by atoms with van der Waals surface area (Å²) in [6, 6.07) is 5.18. The zero-order valence-electron chi connectivity index (χ0n) is 10.2. The van der Waals surface area contributed by atoms with Gasteiger partial charge in [0.05, 0.1) is 16.1 Å². The molecule has 5 heteroatoms. The van der Waals surface area contributed by atoms with E-state index in [9.17, 15) is 4.79 Å². The van der Waals surface area contributed by atoms with E-state index < -0.39 is 0 Å². The summed E-state index contributed by atoms with van der Waals surface area (Å²) in [5.74, 6) is 0.125. The fourth-order valence-electron chi connectivity index (χ4n) is 2.50. The molecule has 0 saturated carbocycles. The van der Waals surface area contributed by atoms with Gasteiger partial charge in [0, 0.05) is 19.0 Å². The van der Waals surface area contributed by atoms with E-state index in [0.717, 1.165) is 5.56 Å². The van der Waals surface area contributed by atoms with E-state index in [1.807, 2.05) is 19.1 Å². The molecule has 2 atom stereocenters. The maximum absolute atomic E-state index is 11.9. The van der Waals surface area contributed by atoms with Crippen molar-refractivity contribution >= 4 is 29.1 Å². The van der Waals surface area contributed by atoms with Crippen molar-refractivity contribution in [2.75, 3.05) is 6.54 Å². The van der Waals surface area contributed by atoms with Gasteiger partial charge in [0.15, 0.2) is 0 Å². The average Bonchev–Trinajstić information content (AvgIpc) is 2.36. The number of hydrogen-bond donors (Lipinski definition) is 1. The predicted octanol–water partition coefficient (Wildman–Crippen LogP) is 3.00. The lowest BCUT2D eigenvalue weighted by Gasteiger charge is -2.39. The maximum atomic E-state index is 11.9. The molecule has 18 heavy (non-hydrogen) atoms. The SMILES string of the molecule is CCN1C(=O)CCC(N)C1c1cccc(Cl)c1Cl. The van der Waals surface area contributed by atoms with E-state index in [2.05, 4.69) is 0 Å². The molecule has 1 heterocycles. The van der Waals surface area contributed by atoms with Crippen LogP contribution in [0.2, 0.25) is 10.0 Å². The van der Waals surface area contributed by atoms with E-state index in [4.69, 9.17) is 28.9 Å². The number of carbonyl (C=O) groups is 1. The Kier molecular flexibility index (Phi) is 4.15. The normalized spacial score (nSPS) is 24.4. The van der Waals surface area contributed by atoms with Crippen LogP contribution >= 0.6 is 23.2 Å². The number of hydrogen-bond acceptors (Lipinski definition) is 2. The van der Waals surface area contributed by atoms with Crippen LogP contribution in [0.25, 0.3) is 0 Å². The van der Waals surface area contributed by atoms with Crippen LogP contribution in [0.1, 0.15) is 31.4 Å². The number of nitrogens with zero attached hydrogens (tertiary/aromatic N) is 1. The summed E-state index contributed by atoms with van der Waals surface area (Å²) in [6.45, 7) is 2.57. The third-order valence-electron chi connectivity index (χ3n) is 3.39. The zero-order valence-corrected chi connectivity index (χ0v) is 11.7. The van der Waals surface area contributed by atoms with Gasteiger partial charge < -0.3 is 10.6 Å². The Balaban J connectivity index is 2.45. The van der Waals surface area contributed by atoms with E-state index in [1.54, 1.807) is 11.0 Å². The van der Waals surface area contributed by atoms with Crippen LogP contribution in [0, 0.1) is 0 Å². The van der Waals surface area contributed by atoms with Gasteiger partial charge >= 0.3 is 0 Å². The van der Waals surface area contributed by atoms with Crippen molar-refractivity contribution in [3.8, 4) is 0 Å². The lowest BCUT2D eigenvalue weighted by atomic mass is 9.90. The smallest absolute Gasteiger partial charge is 0.223 e. The monoisotopic (exact) mass is 286 g/mol. The molecule has 0 radical (unpaired) electrons. The van der Waals surface area contributed by atoms with E-state index >= 15 is 0 Å². The Morgan fingerprint density at radius 3 is 2.83 bits per heavy atom. The van der Waals surface area contributed by atoms with Crippen LogP contribution in [0.5, 0.6) is 0 Å². The largest absolute Gasteiger partial charge is 0.334 e. The van der Waals surface area contributed by atoms with Crippen molar-refractivity contribution in [1.82, 2.24) is 4.90 Å². The minimum atomic E-state index is -0.178. The number of benzene rings is 1. The summed E-state index contributed by atoms with van der Waals surface area (Å²) in [7, 11) is 0. The summed E-state index contributed by atoms with van der Waals surface area (Å²) in [4.78, 5) is 13.7. The number of rotatable bonds is 2. The van der Waals surface area contributed by atoms with E-state index in [-0.39, 0.29) is 18.0 Å². The highest BCUT2D eigenvalue weighted by Crippen LogP contribution is 2.37. The molecular formula is C13H16Cl2N2O. The Morgan fingerprint density at radius 1 is 1.44 bits per heavy atom. The highest BCUT2D eigenvalue weighted by atomic mass is 35.5. The van der Waals surface area contributed by atoms with Gasteiger partial charge in [-0.05, 0) is 25.0 Å². The second-order valence-electron chi connectivity index (χ2n) is 4.47. The summed E-state index contributed by atoms with van der Waals surface area (Å²) in [5, 5.41) is 0.989. The number of halogens is 2. The van der Waals surface area contributed by atoms with Gasteiger partial charge in [-0.2, -0.15) is 0 Å². The van der Waals surface area contributed by atoms with Gasteiger partial charge in [-0.25, -0.2) is 0 Å². The molecule has 0 aliphatic carbocycles. The van der Waals surface area contributed by atoms with Crippen LogP contribution in [0.3, 0.4) is 0 Å². The van der Waals surface area contributed by atoms with Gasteiger partial charge in [0.1, 0.15) is 0 Å². The number of carbonyl (C=O) groups excluding carboxylic acids is 1. The fraction of sp³-hybridized carbons (Fsp3) is 0.462. The van der Waals surface area contributed by atoms with E-state index in [0.29, 0.717) is 29.4 Å². The standard InChI is InChI=1S/C13H16Cl2N2O/c1-2-17-11(18)7-6-10(16)13(17)8-4-3-5-9(14)12(8)15/h3-5,10,13H,2,6-7,16H2,1H3. The molecule has 1 aliphatic rings. The first kappa shape index (κ1) is 13.7. The molecule has 3 nitrogen and oxygen atoms in total. The van der Waals surface area contributed by atoms with Gasteiger partial charge in [-0.15, -0.1) is 0 Å². The first-order valence-electron chi connectivity index (χ1n) is 6.05. The average molecular weight is 287 g/mol. The Hall–Kier alpha value is -0.770. The molecule has 1 aromatic rings. The molecule has 1 aromatic carbocycles. The van der Waals surface area contributed by atoms with Crippen molar-refractivity contribution in [2.24, 2.45) is 5.73 Å². The Morgan fingerprint density at radius 2 is 2.17 bits per heavy atom. The van der Waals surface area contributed by atoms with Crippen LogP contribution in [0.15, 0.2) is 18.2 Å². The van der Waals surface area contributed by atoms with E-state index in [1.165, 1.54) is 0 Å². The number of likely N-dealkylation sites (tertiary alicyclic amines) is 1. The van der Waals surface area contributed by atoms with Crippen LogP contribution in [0.4, 0.5) is 0 Å². The van der Waals surface area contributed by atoms with Gasteiger partial charge in [0.2, 0.25) is 5.91 Å². The van der Waals surface area contributed by atoms with Crippen molar-refractivity contribution in [2.45, 2.75) is 31.8 Å². The molecule has 2 N–H and O–H groups in total. The van der Waals surface area contributed by atoms with Crippen molar-refractivity contribution < 1.29 is 4.79 Å². The highest BCUT2D eigenvalue weighted by Gasteiger charge is 2.35. The van der Waals surface area contributed by atoms with Gasteiger partial charge in [-0.1, -0.05) is 35.3 Å². The molecule has 0 aromatic heterocycles. The first-order valence-corrected chi connectivity index (χ1v) is 6.80. The summed E-state index contributed by atoms with van der Waals surface area (Å²) < 4.78 is 0. The molecule has 2 unspecified atom stereocenters. The van der Waals surface area contributed by atoms with Gasteiger partial charge in [-0.3, -0.25) is 4.79 Å². The van der Waals surface area contributed by atoms with Gasteiger partial charge in [0.25, 0.3) is 0 Å². The second kappa shape index (κ2) is 5.47. The molecule has 0 spiro atoms. The van der Waals surface area contributed by atoms with Crippen molar-refractivity contribution in [3.05, 3.63) is 33.8 Å². The number of amides is 1. The number of piperidine rings is 1. The molecule has 2 rings (SSSR count). The minimum absolute atomic E-state index is 0.0985.